The van der Waals surface area contributed by atoms with E-state index in [4.69, 9.17) is 4.98 Å². The van der Waals surface area contributed by atoms with Crippen LogP contribution in [0.4, 0.5) is 0 Å². The van der Waals surface area contributed by atoms with Gasteiger partial charge in [0.1, 0.15) is 11.1 Å². The van der Waals surface area contributed by atoms with Crippen LogP contribution in [-0.2, 0) is 19.4 Å². The molecule has 0 aromatic carbocycles. The lowest BCUT2D eigenvalue weighted by molar-refractivity contribution is 0.316. The van der Waals surface area contributed by atoms with Crippen LogP contribution in [0, 0.1) is 30.6 Å². The van der Waals surface area contributed by atoms with E-state index in [1.807, 2.05) is 18.4 Å². The third kappa shape index (κ3) is 2.60. The van der Waals surface area contributed by atoms with Crippen LogP contribution in [-0.4, -0.2) is 14.5 Å². The first-order chi connectivity index (χ1) is 9.89. The van der Waals surface area contributed by atoms with Crippen LogP contribution >= 0.6 is 11.3 Å². The predicted molar refractivity (Wildman–Crippen MR) is 83.4 cm³/mol. The maximum absolute atomic E-state index is 9.21. The second kappa shape index (κ2) is 4.96. The molecule has 0 radical (unpaired) electrons. The van der Waals surface area contributed by atoms with Crippen LogP contribution in [0.15, 0.2) is 0 Å². The molecule has 0 aliphatic heterocycles. The molecular weight excluding hydrogens is 280 g/mol. The van der Waals surface area contributed by atoms with E-state index in [1.165, 1.54) is 17.0 Å². The molecule has 110 valence electrons. The third-order valence-electron chi connectivity index (χ3n) is 4.35. The van der Waals surface area contributed by atoms with Gasteiger partial charge in [0.15, 0.2) is 0 Å². The molecule has 0 saturated carbocycles. The monoisotopic (exact) mass is 300 g/mol. The predicted octanol–water partition coefficient (Wildman–Crippen LogP) is 3.39. The minimum atomic E-state index is 0.385. The Balaban J connectivity index is 1.91. The van der Waals surface area contributed by atoms with Crippen molar-refractivity contribution in [3.63, 3.8) is 0 Å². The summed E-state index contributed by atoms with van der Waals surface area (Å²) in [5.74, 6) is 0.485. The minimum absolute atomic E-state index is 0.385. The summed E-state index contributed by atoms with van der Waals surface area (Å²) in [6.45, 7) is 9.27. The fourth-order valence-corrected chi connectivity index (χ4v) is 4.25. The quantitative estimate of drug-likeness (QED) is 0.854. The fraction of sp³-hybridized carbons (Fsp3) is 0.562. The lowest BCUT2D eigenvalue weighted by Gasteiger charge is -2.28. The largest absolute Gasteiger partial charge is 0.313 e. The van der Waals surface area contributed by atoms with Crippen LogP contribution in [0.2, 0.25) is 0 Å². The SMILES string of the molecule is Cc1nc(C#N)n(Cc2nc3c(s2)CC(C)(C)CC3)c1C. The molecule has 4 nitrogen and oxygen atoms in total. The van der Waals surface area contributed by atoms with Crippen LogP contribution < -0.4 is 0 Å². The number of hydrogen-bond donors (Lipinski definition) is 0. The summed E-state index contributed by atoms with van der Waals surface area (Å²) in [4.78, 5) is 10.5. The zero-order chi connectivity index (χ0) is 15.2. The van der Waals surface area contributed by atoms with Gasteiger partial charge in [0.25, 0.3) is 0 Å². The van der Waals surface area contributed by atoms with Crippen LogP contribution in [0.5, 0.6) is 0 Å². The number of imidazole rings is 1. The van der Waals surface area contributed by atoms with Crippen molar-refractivity contribution in [2.45, 2.75) is 53.5 Å². The molecule has 2 aromatic rings. The summed E-state index contributed by atoms with van der Waals surface area (Å²) in [6, 6.07) is 2.18. The molecule has 0 N–H and O–H groups in total. The number of nitriles is 1. The molecule has 0 saturated heterocycles. The van der Waals surface area contributed by atoms with Gasteiger partial charge in [0, 0.05) is 10.6 Å². The summed E-state index contributed by atoms with van der Waals surface area (Å²) in [5, 5.41) is 10.3. The van der Waals surface area contributed by atoms with Gasteiger partial charge in [-0.25, -0.2) is 9.97 Å². The molecule has 0 bridgehead atoms. The average molecular weight is 300 g/mol. The Labute approximate surface area is 129 Å². The average Bonchev–Trinajstić information content (AvgIpc) is 2.92. The molecule has 3 rings (SSSR count). The van der Waals surface area contributed by atoms with Gasteiger partial charge in [0.05, 0.1) is 17.9 Å². The van der Waals surface area contributed by atoms with Crippen LogP contribution in [0.25, 0.3) is 0 Å². The van der Waals surface area contributed by atoms with Crippen LogP contribution in [0.3, 0.4) is 0 Å². The van der Waals surface area contributed by atoms with E-state index in [-0.39, 0.29) is 0 Å². The number of hydrogen-bond acceptors (Lipinski definition) is 4. The Morgan fingerprint density at radius 2 is 2.10 bits per heavy atom. The van der Waals surface area contributed by atoms with E-state index in [9.17, 15) is 5.26 Å². The van der Waals surface area contributed by atoms with Crippen molar-refractivity contribution in [1.29, 1.82) is 5.26 Å². The van der Waals surface area contributed by atoms with Gasteiger partial charge < -0.3 is 4.57 Å². The molecule has 5 heteroatoms. The van der Waals surface area contributed by atoms with E-state index in [1.54, 1.807) is 11.3 Å². The molecule has 0 fully saturated rings. The second-order valence-corrected chi connectivity index (χ2v) is 7.79. The van der Waals surface area contributed by atoms with E-state index in [0.717, 1.165) is 29.2 Å². The van der Waals surface area contributed by atoms with E-state index in [2.05, 4.69) is 24.9 Å². The van der Waals surface area contributed by atoms with Gasteiger partial charge >= 0.3 is 0 Å². The molecule has 2 heterocycles. The number of nitrogens with zero attached hydrogens (tertiary/aromatic N) is 4. The van der Waals surface area contributed by atoms with Gasteiger partial charge in [-0.1, -0.05) is 13.8 Å². The molecule has 21 heavy (non-hydrogen) atoms. The van der Waals surface area contributed by atoms with Crippen molar-refractivity contribution >= 4 is 11.3 Å². The summed E-state index contributed by atoms with van der Waals surface area (Å²) in [7, 11) is 0. The smallest absolute Gasteiger partial charge is 0.213 e. The van der Waals surface area contributed by atoms with Gasteiger partial charge in [-0.2, -0.15) is 5.26 Å². The highest BCUT2D eigenvalue weighted by Gasteiger charge is 2.28. The van der Waals surface area contributed by atoms with E-state index >= 15 is 0 Å². The molecule has 1 aliphatic carbocycles. The summed E-state index contributed by atoms with van der Waals surface area (Å²) >= 11 is 1.80. The maximum Gasteiger partial charge on any atom is 0.213 e. The van der Waals surface area contributed by atoms with Crippen molar-refractivity contribution < 1.29 is 0 Å². The molecule has 0 spiro atoms. The Morgan fingerprint density at radius 3 is 2.81 bits per heavy atom. The van der Waals surface area contributed by atoms with E-state index < -0.39 is 0 Å². The maximum atomic E-state index is 9.21. The van der Waals surface area contributed by atoms with Crippen molar-refractivity contribution in [1.82, 2.24) is 14.5 Å². The topological polar surface area (TPSA) is 54.5 Å². The van der Waals surface area contributed by atoms with Crippen molar-refractivity contribution in [3.8, 4) is 6.07 Å². The number of thiazole rings is 1. The second-order valence-electron chi connectivity index (χ2n) is 6.62. The first-order valence-corrected chi connectivity index (χ1v) is 8.12. The zero-order valence-corrected chi connectivity index (χ0v) is 13.8. The van der Waals surface area contributed by atoms with E-state index in [0.29, 0.717) is 17.8 Å². The first kappa shape index (κ1) is 14.3. The lowest BCUT2D eigenvalue weighted by Crippen LogP contribution is -2.20. The normalized spacial score (nSPS) is 16.5. The highest BCUT2D eigenvalue weighted by Crippen LogP contribution is 2.37. The van der Waals surface area contributed by atoms with Gasteiger partial charge in [-0.05, 0) is 38.5 Å². The van der Waals surface area contributed by atoms with Crippen molar-refractivity contribution in [2.75, 3.05) is 0 Å². The number of aryl methyl sites for hydroxylation is 2. The zero-order valence-electron chi connectivity index (χ0n) is 13.0. The number of aromatic nitrogens is 3. The fourth-order valence-electron chi connectivity index (χ4n) is 2.89. The summed E-state index contributed by atoms with van der Waals surface area (Å²) in [6.07, 6.45) is 3.40. The third-order valence-corrected chi connectivity index (χ3v) is 5.43. The summed E-state index contributed by atoms with van der Waals surface area (Å²) < 4.78 is 1.98. The Kier molecular flexibility index (Phi) is 3.37. The van der Waals surface area contributed by atoms with Crippen LogP contribution in [0.1, 0.15) is 53.1 Å². The Hall–Kier alpha value is -1.67. The van der Waals surface area contributed by atoms with Gasteiger partial charge in [-0.3, -0.25) is 0 Å². The van der Waals surface area contributed by atoms with Crippen molar-refractivity contribution in [2.24, 2.45) is 5.41 Å². The highest BCUT2D eigenvalue weighted by atomic mass is 32.1. The number of fused-ring (bicyclic) bond motifs is 1. The molecule has 0 atom stereocenters. The van der Waals surface area contributed by atoms with Gasteiger partial charge in [-0.15, -0.1) is 11.3 Å². The van der Waals surface area contributed by atoms with Gasteiger partial charge in [0.2, 0.25) is 5.82 Å². The molecule has 0 amide bonds. The number of rotatable bonds is 2. The van der Waals surface area contributed by atoms with Crippen molar-refractivity contribution in [3.05, 3.63) is 32.8 Å². The Bertz CT molecular complexity index is 730. The first-order valence-electron chi connectivity index (χ1n) is 7.31. The Morgan fingerprint density at radius 1 is 1.33 bits per heavy atom. The molecule has 1 aliphatic rings. The molecular formula is C16H20N4S. The minimum Gasteiger partial charge on any atom is -0.313 e. The molecule has 0 unspecified atom stereocenters. The molecule has 2 aromatic heterocycles. The lowest BCUT2D eigenvalue weighted by atomic mass is 9.79. The highest BCUT2D eigenvalue weighted by molar-refractivity contribution is 7.11. The standard InChI is InChI=1S/C16H20N4S/c1-10-11(2)20(14(8-17)18-10)9-15-19-12-5-6-16(3,4)7-13(12)21-15/h5-7,9H2,1-4H3. The summed E-state index contributed by atoms with van der Waals surface area (Å²) in [5.41, 5.74) is 3.63.